The maximum Gasteiger partial charge on any atom is 0.298 e. The number of rotatable bonds is 4. The van der Waals surface area contributed by atoms with Gasteiger partial charge in [-0.15, -0.1) is 0 Å². The van der Waals surface area contributed by atoms with Gasteiger partial charge in [0.2, 0.25) is 0 Å². The molecular weight excluding hydrogens is 342 g/mol. The molecule has 0 bridgehead atoms. The van der Waals surface area contributed by atoms with Crippen LogP contribution in [0.3, 0.4) is 0 Å². The van der Waals surface area contributed by atoms with Gasteiger partial charge >= 0.3 is 0 Å². The summed E-state index contributed by atoms with van der Waals surface area (Å²) in [6.07, 6.45) is 1.61. The molecule has 2 aromatic carbocycles. The van der Waals surface area contributed by atoms with Gasteiger partial charge in [0.05, 0.1) is 24.8 Å². The lowest BCUT2D eigenvalue weighted by Crippen LogP contribution is -2.27. The van der Waals surface area contributed by atoms with E-state index in [1.807, 2.05) is 0 Å². The third-order valence-corrected chi connectivity index (χ3v) is 4.50. The van der Waals surface area contributed by atoms with Crippen LogP contribution in [-0.2, 0) is 4.79 Å². The molecule has 7 heteroatoms. The average Bonchev–Trinajstić information content (AvgIpc) is 2.90. The number of aromatic hydroxyl groups is 1. The van der Waals surface area contributed by atoms with Gasteiger partial charge in [-0.05, 0) is 54.2 Å². The van der Waals surface area contributed by atoms with Crippen LogP contribution in [-0.4, -0.2) is 30.5 Å². The van der Waals surface area contributed by atoms with Crippen molar-refractivity contribution in [1.82, 2.24) is 0 Å². The molecule has 25 heavy (non-hydrogen) atoms. The van der Waals surface area contributed by atoms with Crippen LogP contribution in [0.1, 0.15) is 5.56 Å². The van der Waals surface area contributed by atoms with Crippen molar-refractivity contribution in [2.24, 2.45) is 0 Å². The Kier molecular flexibility index (Phi) is 4.67. The monoisotopic (exact) mass is 357 g/mol. The molecule has 1 fully saturated rings. The number of carbonyl (C=O) groups excluding carboxylic acids is 2. The first-order valence-corrected chi connectivity index (χ1v) is 8.14. The molecule has 0 saturated carbocycles. The Morgan fingerprint density at radius 2 is 1.76 bits per heavy atom. The standard InChI is InChI=1S/C18H15NO5S/c1-23-14-8-3-11(15(10-14)24-2)9-16-17(21)19(18(22)25-16)12-4-6-13(20)7-5-12/h3-10,20H,1-2H3/b16-9+. The predicted molar refractivity (Wildman–Crippen MR) is 96.1 cm³/mol. The van der Waals surface area contributed by atoms with Gasteiger partial charge in [0, 0.05) is 11.6 Å². The van der Waals surface area contributed by atoms with Crippen LogP contribution in [0.5, 0.6) is 17.2 Å². The molecule has 1 aliphatic heterocycles. The molecule has 2 amide bonds. The van der Waals surface area contributed by atoms with Crippen LogP contribution < -0.4 is 14.4 Å². The lowest BCUT2D eigenvalue weighted by molar-refractivity contribution is -0.113. The summed E-state index contributed by atoms with van der Waals surface area (Å²) >= 11 is 0.854. The summed E-state index contributed by atoms with van der Waals surface area (Å²) in [5, 5.41) is 8.96. The topological polar surface area (TPSA) is 76.1 Å². The van der Waals surface area contributed by atoms with Crippen molar-refractivity contribution in [3.63, 3.8) is 0 Å². The summed E-state index contributed by atoms with van der Waals surface area (Å²) in [5.74, 6) is 0.815. The van der Waals surface area contributed by atoms with Crippen molar-refractivity contribution in [2.75, 3.05) is 19.1 Å². The Bertz CT molecular complexity index is 860. The number of thioether (sulfide) groups is 1. The zero-order chi connectivity index (χ0) is 18.0. The average molecular weight is 357 g/mol. The molecule has 128 valence electrons. The molecule has 0 atom stereocenters. The fourth-order valence-corrected chi connectivity index (χ4v) is 3.20. The van der Waals surface area contributed by atoms with Gasteiger partial charge in [-0.3, -0.25) is 9.59 Å². The van der Waals surface area contributed by atoms with Crippen LogP contribution in [0.25, 0.3) is 6.08 Å². The van der Waals surface area contributed by atoms with E-state index in [9.17, 15) is 14.7 Å². The van der Waals surface area contributed by atoms with Crippen LogP contribution in [0.2, 0.25) is 0 Å². The van der Waals surface area contributed by atoms with Crippen molar-refractivity contribution < 1.29 is 24.2 Å². The summed E-state index contributed by atoms with van der Waals surface area (Å²) in [4.78, 5) is 26.2. The van der Waals surface area contributed by atoms with Crippen molar-refractivity contribution in [3.8, 4) is 17.2 Å². The Hall–Kier alpha value is -2.93. The van der Waals surface area contributed by atoms with E-state index < -0.39 is 11.1 Å². The van der Waals surface area contributed by atoms with Crippen molar-refractivity contribution in [2.45, 2.75) is 0 Å². The summed E-state index contributed by atoms with van der Waals surface area (Å²) in [7, 11) is 3.08. The predicted octanol–water partition coefficient (Wildman–Crippen LogP) is 3.65. The number of imide groups is 1. The lowest BCUT2D eigenvalue weighted by Gasteiger charge is -2.12. The third-order valence-electron chi connectivity index (χ3n) is 3.63. The van der Waals surface area contributed by atoms with Gasteiger partial charge in [-0.25, -0.2) is 4.90 Å². The number of hydrogen-bond acceptors (Lipinski definition) is 6. The second-order valence-corrected chi connectivity index (χ2v) is 6.13. The molecule has 0 unspecified atom stereocenters. The smallest absolute Gasteiger partial charge is 0.298 e. The Labute approximate surface area is 148 Å². The summed E-state index contributed by atoms with van der Waals surface area (Å²) < 4.78 is 10.5. The third kappa shape index (κ3) is 3.32. The number of phenols is 1. The SMILES string of the molecule is COc1ccc(/C=C2/SC(=O)N(c3ccc(O)cc3)C2=O)c(OC)c1. The molecular formula is C18H15NO5S. The molecule has 1 heterocycles. The number of amides is 2. The highest BCUT2D eigenvalue weighted by Crippen LogP contribution is 2.37. The molecule has 0 spiro atoms. The van der Waals surface area contributed by atoms with Gasteiger partial charge in [0.15, 0.2) is 0 Å². The zero-order valence-corrected chi connectivity index (χ0v) is 14.4. The Morgan fingerprint density at radius 1 is 1.04 bits per heavy atom. The van der Waals surface area contributed by atoms with Crippen molar-refractivity contribution in [3.05, 3.63) is 52.9 Å². The number of benzene rings is 2. The van der Waals surface area contributed by atoms with Gasteiger partial charge in [0.1, 0.15) is 17.2 Å². The van der Waals surface area contributed by atoms with Gasteiger partial charge in [0.25, 0.3) is 11.1 Å². The summed E-state index contributed by atoms with van der Waals surface area (Å²) in [5.41, 5.74) is 1.07. The quantitative estimate of drug-likeness (QED) is 0.842. The number of anilines is 1. The van der Waals surface area contributed by atoms with E-state index in [4.69, 9.17) is 9.47 Å². The molecule has 6 nitrogen and oxygen atoms in total. The van der Waals surface area contributed by atoms with E-state index in [0.29, 0.717) is 27.7 Å². The second-order valence-electron chi connectivity index (χ2n) is 5.14. The normalized spacial score (nSPS) is 15.8. The largest absolute Gasteiger partial charge is 0.508 e. The minimum atomic E-state index is -0.418. The van der Waals surface area contributed by atoms with E-state index in [-0.39, 0.29) is 5.75 Å². The van der Waals surface area contributed by atoms with Crippen molar-refractivity contribution >= 4 is 34.7 Å². The lowest BCUT2D eigenvalue weighted by atomic mass is 10.1. The highest BCUT2D eigenvalue weighted by atomic mass is 32.2. The number of methoxy groups -OCH3 is 2. The Morgan fingerprint density at radius 3 is 2.40 bits per heavy atom. The molecule has 0 aliphatic carbocycles. The first kappa shape index (κ1) is 16.9. The van der Waals surface area contributed by atoms with E-state index in [1.165, 1.54) is 31.4 Å². The first-order valence-electron chi connectivity index (χ1n) is 7.32. The maximum atomic E-state index is 12.6. The summed E-state index contributed by atoms with van der Waals surface area (Å²) in [6.45, 7) is 0. The second kappa shape index (κ2) is 6.90. The van der Waals surface area contributed by atoms with Crippen LogP contribution >= 0.6 is 11.8 Å². The van der Waals surface area contributed by atoms with Crippen molar-refractivity contribution in [1.29, 1.82) is 0 Å². The zero-order valence-electron chi connectivity index (χ0n) is 13.6. The number of nitrogens with zero attached hydrogens (tertiary/aromatic N) is 1. The van der Waals surface area contributed by atoms with E-state index >= 15 is 0 Å². The van der Waals surface area contributed by atoms with Crippen LogP contribution in [0, 0.1) is 0 Å². The fraction of sp³-hybridized carbons (Fsp3) is 0.111. The maximum absolute atomic E-state index is 12.6. The minimum absolute atomic E-state index is 0.0641. The molecule has 1 saturated heterocycles. The number of phenolic OH excluding ortho intramolecular Hbond substituents is 1. The highest BCUT2D eigenvalue weighted by Gasteiger charge is 2.36. The molecule has 1 N–H and O–H groups in total. The van der Waals surface area contributed by atoms with Gasteiger partial charge in [-0.1, -0.05) is 0 Å². The van der Waals surface area contributed by atoms with E-state index in [1.54, 1.807) is 31.4 Å². The van der Waals surface area contributed by atoms with E-state index in [0.717, 1.165) is 16.7 Å². The molecule has 0 aromatic heterocycles. The van der Waals surface area contributed by atoms with E-state index in [2.05, 4.69) is 0 Å². The molecule has 2 aromatic rings. The fourth-order valence-electron chi connectivity index (χ4n) is 2.37. The van der Waals surface area contributed by atoms with Gasteiger partial charge < -0.3 is 14.6 Å². The number of hydrogen-bond donors (Lipinski definition) is 1. The van der Waals surface area contributed by atoms with Gasteiger partial charge in [-0.2, -0.15) is 0 Å². The highest BCUT2D eigenvalue weighted by molar-refractivity contribution is 8.19. The minimum Gasteiger partial charge on any atom is -0.508 e. The molecule has 1 aliphatic rings. The molecule has 3 rings (SSSR count). The van der Waals surface area contributed by atoms with Crippen LogP contribution in [0.15, 0.2) is 47.4 Å². The number of carbonyl (C=O) groups is 2. The first-order chi connectivity index (χ1) is 12.0. The molecule has 0 radical (unpaired) electrons. The summed E-state index contributed by atoms with van der Waals surface area (Å²) in [6, 6.07) is 11.1. The Balaban J connectivity index is 1.94. The van der Waals surface area contributed by atoms with Crippen LogP contribution in [0.4, 0.5) is 10.5 Å². The number of ether oxygens (including phenoxy) is 2.